The molecule has 0 saturated heterocycles. The zero-order valence-corrected chi connectivity index (χ0v) is 11.5. The molecule has 1 aliphatic rings. The van der Waals surface area contributed by atoms with Gasteiger partial charge in [0.1, 0.15) is 5.76 Å². The smallest absolute Gasteiger partial charge is 0.315 e. The maximum atomic E-state index is 11.9. The number of rotatable bonds is 5. The number of aliphatic carboxylic acids is 1. The van der Waals surface area contributed by atoms with Crippen molar-refractivity contribution in [3.8, 4) is 0 Å². The lowest BCUT2D eigenvalue weighted by Gasteiger charge is -2.20. The van der Waals surface area contributed by atoms with E-state index in [0.29, 0.717) is 12.8 Å². The van der Waals surface area contributed by atoms with E-state index in [0.717, 1.165) is 18.6 Å². The summed E-state index contributed by atoms with van der Waals surface area (Å²) in [4.78, 5) is 22.9. The molecule has 0 aliphatic heterocycles. The van der Waals surface area contributed by atoms with Crippen LogP contribution in [0.3, 0.4) is 0 Å². The highest BCUT2D eigenvalue weighted by molar-refractivity contribution is 5.77. The molecule has 2 amide bonds. The Morgan fingerprint density at radius 1 is 1.50 bits per heavy atom. The number of furan rings is 1. The van der Waals surface area contributed by atoms with Crippen molar-refractivity contribution in [3.63, 3.8) is 0 Å². The standard InChI is InChI=1S/C14H20N2O4/c1-9(8-10-4-3-7-20-10)15-14(19)16-12-6-2-5-11(12)13(17)18/h3-4,7,9,11-12H,2,5-6,8H2,1H3,(H,17,18)(H2,15,16,19). The molecule has 110 valence electrons. The van der Waals surface area contributed by atoms with Gasteiger partial charge in [0, 0.05) is 18.5 Å². The normalized spacial score (nSPS) is 23.2. The quantitative estimate of drug-likeness (QED) is 0.766. The van der Waals surface area contributed by atoms with E-state index in [1.165, 1.54) is 0 Å². The van der Waals surface area contributed by atoms with Crippen LogP contribution in [-0.2, 0) is 11.2 Å². The van der Waals surface area contributed by atoms with Crippen LogP contribution < -0.4 is 10.6 Å². The molecule has 1 aromatic heterocycles. The molecule has 1 aromatic rings. The predicted molar refractivity (Wildman–Crippen MR) is 72.3 cm³/mol. The second kappa shape index (κ2) is 6.45. The van der Waals surface area contributed by atoms with Crippen LogP contribution in [0.4, 0.5) is 4.79 Å². The molecule has 1 fully saturated rings. The van der Waals surface area contributed by atoms with E-state index in [2.05, 4.69) is 10.6 Å². The van der Waals surface area contributed by atoms with E-state index in [9.17, 15) is 9.59 Å². The fourth-order valence-electron chi connectivity index (χ4n) is 2.64. The number of hydrogen-bond donors (Lipinski definition) is 3. The summed E-state index contributed by atoms with van der Waals surface area (Å²) in [6.45, 7) is 1.88. The molecule has 1 aliphatic carbocycles. The molecule has 0 spiro atoms. The summed E-state index contributed by atoms with van der Waals surface area (Å²) in [7, 11) is 0. The zero-order chi connectivity index (χ0) is 14.5. The molecule has 3 N–H and O–H groups in total. The van der Waals surface area contributed by atoms with Crippen molar-refractivity contribution in [2.75, 3.05) is 0 Å². The Bertz CT molecular complexity index is 458. The highest BCUT2D eigenvalue weighted by Crippen LogP contribution is 2.25. The summed E-state index contributed by atoms with van der Waals surface area (Å²) in [5.41, 5.74) is 0. The number of carboxylic acid groups (broad SMARTS) is 1. The number of carbonyl (C=O) groups excluding carboxylic acids is 1. The van der Waals surface area contributed by atoms with Crippen molar-refractivity contribution in [2.24, 2.45) is 5.92 Å². The minimum Gasteiger partial charge on any atom is -0.481 e. The Morgan fingerprint density at radius 2 is 2.30 bits per heavy atom. The van der Waals surface area contributed by atoms with E-state index < -0.39 is 11.9 Å². The van der Waals surface area contributed by atoms with E-state index in [4.69, 9.17) is 9.52 Å². The summed E-state index contributed by atoms with van der Waals surface area (Å²) >= 11 is 0. The van der Waals surface area contributed by atoms with Gasteiger partial charge in [0.2, 0.25) is 0 Å². The van der Waals surface area contributed by atoms with Crippen molar-refractivity contribution in [2.45, 2.75) is 44.7 Å². The third kappa shape index (κ3) is 3.76. The molecular weight excluding hydrogens is 260 g/mol. The van der Waals surface area contributed by atoms with Crippen LogP contribution in [-0.4, -0.2) is 29.2 Å². The van der Waals surface area contributed by atoms with Crippen molar-refractivity contribution >= 4 is 12.0 Å². The minimum atomic E-state index is -0.837. The van der Waals surface area contributed by atoms with Crippen LogP contribution >= 0.6 is 0 Å². The Kier molecular flexibility index (Phi) is 4.65. The molecule has 3 unspecified atom stereocenters. The number of carboxylic acids is 1. The molecule has 1 heterocycles. The fraction of sp³-hybridized carbons (Fsp3) is 0.571. The van der Waals surface area contributed by atoms with Crippen LogP contribution in [0.25, 0.3) is 0 Å². The summed E-state index contributed by atoms with van der Waals surface area (Å²) < 4.78 is 5.22. The summed E-state index contributed by atoms with van der Waals surface area (Å²) in [6, 6.07) is 2.99. The summed E-state index contributed by atoms with van der Waals surface area (Å²) in [6.07, 6.45) is 4.38. The van der Waals surface area contributed by atoms with Crippen LogP contribution in [0.5, 0.6) is 0 Å². The Labute approximate surface area is 117 Å². The zero-order valence-electron chi connectivity index (χ0n) is 11.5. The number of urea groups is 1. The topological polar surface area (TPSA) is 91.6 Å². The monoisotopic (exact) mass is 280 g/mol. The molecule has 3 atom stereocenters. The fourth-order valence-corrected chi connectivity index (χ4v) is 2.64. The van der Waals surface area contributed by atoms with Crippen LogP contribution in [0, 0.1) is 5.92 Å². The first-order valence-corrected chi connectivity index (χ1v) is 6.88. The van der Waals surface area contributed by atoms with E-state index in [1.807, 2.05) is 13.0 Å². The van der Waals surface area contributed by atoms with E-state index in [-0.39, 0.29) is 18.1 Å². The van der Waals surface area contributed by atoms with Gasteiger partial charge >= 0.3 is 12.0 Å². The van der Waals surface area contributed by atoms with Gasteiger partial charge in [0.05, 0.1) is 12.2 Å². The molecule has 1 saturated carbocycles. The molecule has 0 aromatic carbocycles. The summed E-state index contributed by atoms with van der Waals surface area (Å²) in [5.74, 6) is -0.500. The maximum absolute atomic E-state index is 11.9. The highest BCUT2D eigenvalue weighted by atomic mass is 16.4. The first-order valence-electron chi connectivity index (χ1n) is 6.88. The summed E-state index contributed by atoms with van der Waals surface area (Å²) in [5, 5.41) is 14.6. The lowest BCUT2D eigenvalue weighted by atomic mass is 10.0. The molecule has 0 radical (unpaired) electrons. The Hall–Kier alpha value is -1.98. The van der Waals surface area contributed by atoms with Crippen LogP contribution in [0.1, 0.15) is 31.9 Å². The van der Waals surface area contributed by atoms with Gasteiger partial charge in [-0.1, -0.05) is 6.42 Å². The number of amides is 2. The SMILES string of the molecule is CC(Cc1ccco1)NC(=O)NC1CCCC1C(=O)O. The van der Waals surface area contributed by atoms with Crippen molar-refractivity contribution in [1.29, 1.82) is 0 Å². The van der Waals surface area contributed by atoms with Gasteiger partial charge in [-0.05, 0) is 31.9 Å². The molecule has 2 rings (SSSR count). The van der Waals surface area contributed by atoms with E-state index in [1.54, 1.807) is 12.3 Å². The number of nitrogens with one attached hydrogen (secondary N) is 2. The van der Waals surface area contributed by atoms with Crippen molar-refractivity contribution < 1.29 is 19.1 Å². The van der Waals surface area contributed by atoms with Gasteiger partial charge in [0.25, 0.3) is 0 Å². The second-order valence-electron chi connectivity index (χ2n) is 5.28. The average Bonchev–Trinajstić information content (AvgIpc) is 2.99. The second-order valence-corrected chi connectivity index (χ2v) is 5.28. The Balaban J connectivity index is 1.78. The first kappa shape index (κ1) is 14.4. The van der Waals surface area contributed by atoms with Gasteiger partial charge in [-0.3, -0.25) is 4.79 Å². The average molecular weight is 280 g/mol. The van der Waals surface area contributed by atoms with Gasteiger partial charge in [-0.15, -0.1) is 0 Å². The molecule has 6 nitrogen and oxygen atoms in total. The Morgan fingerprint density at radius 3 is 2.95 bits per heavy atom. The van der Waals surface area contributed by atoms with Gasteiger partial charge < -0.3 is 20.2 Å². The molecular formula is C14H20N2O4. The molecule has 6 heteroatoms. The minimum absolute atomic E-state index is 0.0779. The van der Waals surface area contributed by atoms with Gasteiger partial charge in [-0.2, -0.15) is 0 Å². The third-order valence-electron chi connectivity index (χ3n) is 3.61. The van der Waals surface area contributed by atoms with Crippen molar-refractivity contribution in [1.82, 2.24) is 10.6 Å². The highest BCUT2D eigenvalue weighted by Gasteiger charge is 2.33. The van der Waals surface area contributed by atoms with Crippen LogP contribution in [0.15, 0.2) is 22.8 Å². The van der Waals surface area contributed by atoms with Gasteiger partial charge in [0.15, 0.2) is 0 Å². The lowest BCUT2D eigenvalue weighted by Crippen LogP contribution is -2.48. The van der Waals surface area contributed by atoms with Gasteiger partial charge in [-0.25, -0.2) is 4.79 Å². The largest absolute Gasteiger partial charge is 0.481 e. The maximum Gasteiger partial charge on any atom is 0.315 e. The lowest BCUT2D eigenvalue weighted by molar-refractivity contribution is -0.142. The first-order chi connectivity index (χ1) is 9.56. The molecule has 0 bridgehead atoms. The predicted octanol–water partition coefficient (Wildman–Crippen LogP) is 1.76. The number of hydrogen-bond acceptors (Lipinski definition) is 3. The molecule has 20 heavy (non-hydrogen) atoms. The van der Waals surface area contributed by atoms with E-state index >= 15 is 0 Å². The third-order valence-corrected chi connectivity index (χ3v) is 3.61. The van der Waals surface area contributed by atoms with Crippen molar-refractivity contribution in [3.05, 3.63) is 24.2 Å². The number of carbonyl (C=O) groups is 2. The van der Waals surface area contributed by atoms with Crippen LogP contribution in [0.2, 0.25) is 0 Å².